The Hall–Kier alpha value is -0.950. The SMILES string of the molecule is CC1CCCN(S(=O)(=O)NCc2ccccc2CN(C)C(C)C)C1. The lowest BCUT2D eigenvalue weighted by Gasteiger charge is -2.30. The molecule has 24 heavy (non-hydrogen) atoms. The molecule has 5 nitrogen and oxygen atoms in total. The highest BCUT2D eigenvalue weighted by Gasteiger charge is 2.26. The van der Waals surface area contributed by atoms with Crippen molar-refractivity contribution >= 4 is 10.2 Å². The standard InChI is InChI=1S/C18H31N3O2S/c1-15(2)20(4)14-18-10-6-5-9-17(18)12-19-24(22,23)21-11-7-8-16(3)13-21/h5-6,9-10,15-16,19H,7-8,11-14H2,1-4H3. The minimum atomic E-state index is -3.41. The van der Waals surface area contributed by atoms with Crippen LogP contribution < -0.4 is 4.72 Å². The smallest absolute Gasteiger partial charge is 0.279 e. The van der Waals surface area contributed by atoms with Crippen LogP contribution in [0.2, 0.25) is 0 Å². The molecule has 1 saturated heterocycles. The highest BCUT2D eigenvalue weighted by molar-refractivity contribution is 7.87. The molecule has 1 N–H and O–H groups in total. The van der Waals surface area contributed by atoms with Gasteiger partial charge in [-0.2, -0.15) is 17.4 Å². The lowest BCUT2D eigenvalue weighted by atomic mass is 10.0. The maximum Gasteiger partial charge on any atom is 0.279 e. The van der Waals surface area contributed by atoms with Crippen LogP contribution in [0.5, 0.6) is 0 Å². The molecular formula is C18H31N3O2S. The Morgan fingerprint density at radius 3 is 2.58 bits per heavy atom. The Morgan fingerprint density at radius 1 is 1.29 bits per heavy atom. The van der Waals surface area contributed by atoms with E-state index in [1.165, 1.54) is 5.56 Å². The molecule has 0 aromatic heterocycles. The van der Waals surface area contributed by atoms with Crippen LogP contribution in [0.4, 0.5) is 0 Å². The predicted octanol–water partition coefficient (Wildman–Crippen LogP) is 2.59. The van der Waals surface area contributed by atoms with E-state index in [1.807, 2.05) is 18.2 Å². The number of benzene rings is 1. The minimum Gasteiger partial charge on any atom is -0.300 e. The van der Waals surface area contributed by atoms with Crippen molar-refractivity contribution < 1.29 is 8.42 Å². The topological polar surface area (TPSA) is 52.7 Å². The van der Waals surface area contributed by atoms with Crippen molar-refractivity contribution in [3.05, 3.63) is 35.4 Å². The van der Waals surface area contributed by atoms with Crippen LogP contribution in [0.1, 0.15) is 44.7 Å². The summed E-state index contributed by atoms with van der Waals surface area (Å²) in [5.41, 5.74) is 2.21. The third-order valence-electron chi connectivity index (χ3n) is 4.82. The summed E-state index contributed by atoms with van der Waals surface area (Å²) in [6.45, 7) is 8.82. The zero-order valence-electron chi connectivity index (χ0n) is 15.3. The Labute approximate surface area is 147 Å². The summed E-state index contributed by atoms with van der Waals surface area (Å²) in [4.78, 5) is 2.25. The Morgan fingerprint density at radius 2 is 1.96 bits per heavy atom. The quantitative estimate of drug-likeness (QED) is 0.820. The average Bonchev–Trinajstić information content (AvgIpc) is 2.54. The molecule has 1 unspecified atom stereocenters. The zero-order valence-corrected chi connectivity index (χ0v) is 16.1. The van der Waals surface area contributed by atoms with Crippen LogP contribution in [-0.2, 0) is 23.3 Å². The molecule has 1 aromatic carbocycles. The van der Waals surface area contributed by atoms with E-state index in [1.54, 1.807) is 4.31 Å². The maximum atomic E-state index is 12.6. The van der Waals surface area contributed by atoms with Gasteiger partial charge in [0.1, 0.15) is 0 Å². The molecule has 1 heterocycles. The van der Waals surface area contributed by atoms with Crippen molar-refractivity contribution in [3.8, 4) is 0 Å². The first-order chi connectivity index (χ1) is 11.3. The van der Waals surface area contributed by atoms with E-state index in [0.29, 0.717) is 31.6 Å². The average molecular weight is 354 g/mol. The molecule has 1 aliphatic rings. The monoisotopic (exact) mass is 353 g/mol. The molecule has 1 aliphatic heterocycles. The van der Waals surface area contributed by atoms with Crippen LogP contribution in [0, 0.1) is 5.92 Å². The highest BCUT2D eigenvalue weighted by atomic mass is 32.2. The van der Waals surface area contributed by atoms with Gasteiger partial charge in [0.05, 0.1) is 0 Å². The lowest BCUT2D eigenvalue weighted by molar-refractivity contribution is 0.265. The number of hydrogen-bond acceptors (Lipinski definition) is 3. The van der Waals surface area contributed by atoms with E-state index in [4.69, 9.17) is 0 Å². The molecule has 136 valence electrons. The zero-order chi connectivity index (χ0) is 17.7. The van der Waals surface area contributed by atoms with Crippen molar-refractivity contribution in [1.29, 1.82) is 0 Å². The van der Waals surface area contributed by atoms with Gasteiger partial charge >= 0.3 is 0 Å². The predicted molar refractivity (Wildman–Crippen MR) is 98.8 cm³/mol. The van der Waals surface area contributed by atoms with E-state index in [9.17, 15) is 8.42 Å². The molecule has 1 atom stereocenters. The number of piperidine rings is 1. The fraction of sp³-hybridized carbons (Fsp3) is 0.667. The molecule has 0 radical (unpaired) electrons. The van der Waals surface area contributed by atoms with Gasteiger partial charge in [0.2, 0.25) is 0 Å². The largest absolute Gasteiger partial charge is 0.300 e. The maximum absolute atomic E-state index is 12.6. The van der Waals surface area contributed by atoms with Crippen LogP contribution >= 0.6 is 0 Å². The number of nitrogens with zero attached hydrogens (tertiary/aromatic N) is 2. The Kier molecular flexibility index (Phi) is 6.80. The molecule has 6 heteroatoms. The summed E-state index contributed by atoms with van der Waals surface area (Å²) in [5, 5.41) is 0. The van der Waals surface area contributed by atoms with Crippen molar-refractivity contribution in [3.63, 3.8) is 0 Å². The third-order valence-corrected chi connectivity index (χ3v) is 6.34. The van der Waals surface area contributed by atoms with Gasteiger partial charge in [0.15, 0.2) is 0 Å². The van der Waals surface area contributed by atoms with Gasteiger partial charge in [-0.25, -0.2) is 0 Å². The van der Waals surface area contributed by atoms with E-state index < -0.39 is 10.2 Å². The van der Waals surface area contributed by atoms with Crippen LogP contribution in [-0.4, -0.2) is 43.8 Å². The Balaban J connectivity index is 2.03. The summed E-state index contributed by atoms with van der Waals surface area (Å²) in [6, 6.07) is 8.50. The first kappa shape index (κ1) is 19.4. The van der Waals surface area contributed by atoms with Gasteiger partial charge in [0, 0.05) is 32.2 Å². The fourth-order valence-corrected chi connectivity index (χ4v) is 4.30. The molecule has 0 amide bonds. The summed E-state index contributed by atoms with van der Waals surface area (Å²) < 4.78 is 29.5. The molecule has 0 saturated carbocycles. The second kappa shape index (κ2) is 8.43. The molecule has 0 bridgehead atoms. The van der Waals surface area contributed by atoms with Gasteiger partial charge < -0.3 is 0 Å². The molecule has 0 aliphatic carbocycles. The van der Waals surface area contributed by atoms with Crippen LogP contribution in [0.25, 0.3) is 0 Å². The second-order valence-corrected chi connectivity index (χ2v) is 8.96. The van der Waals surface area contributed by atoms with Gasteiger partial charge in [-0.05, 0) is 50.8 Å². The number of rotatable bonds is 7. The molecule has 1 fully saturated rings. The van der Waals surface area contributed by atoms with E-state index in [-0.39, 0.29) is 0 Å². The first-order valence-electron chi connectivity index (χ1n) is 8.81. The van der Waals surface area contributed by atoms with E-state index >= 15 is 0 Å². The normalized spacial score (nSPS) is 20.0. The fourth-order valence-electron chi connectivity index (χ4n) is 2.96. The van der Waals surface area contributed by atoms with Crippen molar-refractivity contribution in [2.75, 3.05) is 20.1 Å². The van der Waals surface area contributed by atoms with Crippen LogP contribution in [0.15, 0.2) is 24.3 Å². The summed E-state index contributed by atoms with van der Waals surface area (Å²) in [6.07, 6.45) is 2.05. The van der Waals surface area contributed by atoms with Crippen LogP contribution in [0.3, 0.4) is 0 Å². The number of nitrogens with one attached hydrogen (secondary N) is 1. The van der Waals surface area contributed by atoms with Crippen molar-refractivity contribution in [2.24, 2.45) is 5.92 Å². The van der Waals surface area contributed by atoms with Crippen molar-refractivity contribution in [1.82, 2.24) is 13.9 Å². The summed E-state index contributed by atoms with van der Waals surface area (Å²) >= 11 is 0. The highest BCUT2D eigenvalue weighted by Crippen LogP contribution is 2.18. The van der Waals surface area contributed by atoms with Gasteiger partial charge in [-0.15, -0.1) is 0 Å². The molecule has 1 aromatic rings. The number of hydrogen-bond donors (Lipinski definition) is 1. The lowest BCUT2D eigenvalue weighted by Crippen LogP contribution is -2.45. The van der Waals surface area contributed by atoms with Crippen molar-refractivity contribution in [2.45, 2.75) is 52.7 Å². The van der Waals surface area contributed by atoms with E-state index in [2.05, 4.69) is 43.5 Å². The van der Waals surface area contributed by atoms with E-state index in [0.717, 1.165) is 24.9 Å². The van der Waals surface area contributed by atoms with Gasteiger partial charge in [-0.3, -0.25) is 4.90 Å². The second-order valence-electron chi connectivity index (χ2n) is 7.21. The van der Waals surface area contributed by atoms with Gasteiger partial charge in [0.25, 0.3) is 10.2 Å². The molecule has 2 rings (SSSR count). The summed E-state index contributed by atoms with van der Waals surface area (Å²) in [5.74, 6) is 0.433. The first-order valence-corrected chi connectivity index (χ1v) is 10.3. The minimum absolute atomic E-state index is 0.343. The van der Waals surface area contributed by atoms with Gasteiger partial charge in [-0.1, -0.05) is 31.2 Å². The summed E-state index contributed by atoms with van der Waals surface area (Å²) in [7, 11) is -1.32. The third kappa shape index (κ3) is 5.28. The molecule has 0 spiro atoms. The Bertz CT molecular complexity index is 631. The molecular weight excluding hydrogens is 322 g/mol.